The molecule has 0 atom stereocenters. The van der Waals surface area contributed by atoms with Gasteiger partial charge in [-0.2, -0.15) is 0 Å². The number of rotatable bonds is 9. The van der Waals surface area contributed by atoms with Crippen molar-refractivity contribution in [3.05, 3.63) is 89.5 Å². The Labute approximate surface area is 218 Å². The zero-order valence-corrected chi connectivity index (χ0v) is 22.0. The lowest BCUT2D eigenvalue weighted by molar-refractivity contribution is -0.128. The molecule has 0 spiro atoms. The lowest BCUT2D eigenvalue weighted by atomic mass is 9.87. The summed E-state index contributed by atoms with van der Waals surface area (Å²) in [7, 11) is 0. The molecule has 3 aromatic rings. The third kappa shape index (κ3) is 7.92. The fraction of sp³-hybridized carbons (Fsp3) is 0.276. The van der Waals surface area contributed by atoms with E-state index in [1.54, 1.807) is 30.3 Å². The van der Waals surface area contributed by atoms with Gasteiger partial charge in [0.25, 0.3) is 5.91 Å². The van der Waals surface area contributed by atoms with Crippen LogP contribution in [0.5, 0.6) is 5.75 Å². The Morgan fingerprint density at radius 1 is 0.889 bits per heavy atom. The zero-order chi connectivity index (χ0) is 26.1. The molecule has 0 aliphatic rings. The number of nitrogens with one attached hydrogen (secondary N) is 3. The van der Waals surface area contributed by atoms with Crippen molar-refractivity contribution in [1.29, 1.82) is 0 Å². The number of ether oxygens (including phenoxy) is 1. The van der Waals surface area contributed by atoms with Gasteiger partial charge in [-0.25, -0.2) is 0 Å². The molecule has 0 radical (unpaired) electrons. The summed E-state index contributed by atoms with van der Waals surface area (Å²) >= 11 is 5.36. The van der Waals surface area contributed by atoms with Gasteiger partial charge >= 0.3 is 0 Å². The molecule has 6 nitrogen and oxygen atoms in total. The van der Waals surface area contributed by atoms with Crippen LogP contribution in [0.25, 0.3) is 0 Å². The standard InChI is InChI=1S/C29H33N3O3S/c1-20-14-15-21(2)25(18-20)35-17-9-16-29(3,4)27(34)32-28(36)31-24-13-8-12-23(19-24)30-26(33)22-10-6-5-7-11-22/h5-8,10-15,18-19H,9,16-17H2,1-4H3,(H,30,33)(H2,31,32,34,36). The molecule has 188 valence electrons. The van der Waals surface area contributed by atoms with Crippen molar-refractivity contribution in [2.75, 3.05) is 17.2 Å². The summed E-state index contributed by atoms with van der Waals surface area (Å²) in [5.74, 6) is 0.511. The van der Waals surface area contributed by atoms with Crippen molar-refractivity contribution in [3.8, 4) is 5.75 Å². The van der Waals surface area contributed by atoms with Gasteiger partial charge in [0.05, 0.1) is 6.61 Å². The van der Waals surface area contributed by atoms with Gasteiger partial charge in [-0.3, -0.25) is 9.59 Å². The minimum atomic E-state index is -0.623. The van der Waals surface area contributed by atoms with E-state index >= 15 is 0 Å². The summed E-state index contributed by atoms with van der Waals surface area (Å²) in [6.45, 7) is 8.37. The molecule has 2 amide bonds. The van der Waals surface area contributed by atoms with E-state index in [0.29, 0.717) is 30.0 Å². The van der Waals surface area contributed by atoms with Crippen molar-refractivity contribution < 1.29 is 14.3 Å². The molecule has 0 fully saturated rings. The van der Waals surface area contributed by atoms with E-state index in [1.165, 1.54) is 0 Å². The number of hydrogen-bond acceptors (Lipinski definition) is 4. The summed E-state index contributed by atoms with van der Waals surface area (Å²) in [6.07, 6.45) is 1.38. The molecule has 7 heteroatoms. The Balaban J connectivity index is 1.47. The Morgan fingerprint density at radius 2 is 1.58 bits per heavy atom. The predicted molar refractivity (Wildman–Crippen MR) is 150 cm³/mol. The third-order valence-corrected chi connectivity index (χ3v) is 6.01. The van der Waals surface area contributed by atoms with Crippen LogP contribution in [-0.4, -0.2) is 23.5 Å². The molecule has 0 saturated heterocycles. The van der Waals surface area contributed by atoms with E-state index in [-0.39, 0.29) is 16.9 Å². The van der Waals surface area contributed by atoms with Crippen LogP contribution in [0.4, 0.5) is 11.4 Å². The maximum absolute atomic E-state index is 12.9. The minimum Gasteiger partial charge on any atom is -0.493 e. The summed E-state index contributed by atoms with van der Waals surface area (Å²) in [4.78, 5) is 25.3. The van der Waals surface area contributed by atoms with Crippen LogP contribution in [-0.2, 0) is 4.79 Å². The molecule has 0 heterocycles. The lowest BCUT2D eigenvalue weighted by Gasteiger charge is -2.24. The lowest BCUT2D eigenvalue weighted by Crippen LogP contribution is -2.42. The topological polar surface area (TPSA) is 79.5 Å². The molecule has 3 aromatic carbocycles. The second-order valence-corrected chi connectivity index (χ2v) is 9.82. The molecule has 0 aliphatic heterocycles. The van der Waals surface area contributed by atoms with Gasteiger partial charge in [-0.05, 0) is 86.4 Å². The van der Waals surface area contributed by atoms with Gasteiger partial charge in [0.15, 0.2) is 5.11 Å². The minimum absolute atomic E-state index is 0.166. The molecule has 3 rings (SSSR count). The maximum atomic E-state index is 12.9. The van der Waals surface area contributed by atoms with E-state index in [2.05, 4.69) is 22.0 Å². The van der Waals surface area contributed by atoms with Crippen LogP contribution in [0.2, 0.25) is 0 Å². The fourth-order valence-electron chi connectivity index (χ4n) is 3.57. The number of hydrogen-bond donors (Lipinski definition) is 3. The van der Waals surface area contributed by atoms with Gasteiger partial charge in [0.2, 0.25) is 5.91 Å². The number of aryl methyl sites for hydroxylation is 2. The average molecular weight is 504 g/mol. The first-order chi connectivity index (χ1) is 17.1. The molecule has 0 bridgehead atoms. The van der Waals surface area contributed by atoms with Crippen LogP contribution in [0, 0.1) is 19.3 Å². The molecular formula is C29H33N3O3S. The Kier molecular flexibility index (Phi) is 9.19. The summed E-state index contributed by atoms with van der Waals surface area (Å²) in [6, 6.07) is 22.3. The highest BCUT2D eigenvalue weighted by atomic mass is 32.1. The van der Waals surface area contributed by atoms with Gasteiger partial charge in [-0.1, -0.05) is 50.2 Å². The zero-order valence-electron chi connectivity index (χ0n) is 21.2. The molecule has 0 aromatic heterocycles. The Bertz CT molecular complexity index is 1230. The molecule has 0 saturated carbocycles. The van der Waals surface area contributed by atoms with Crippen LogP contribution in [0.15, 0.2) is 72.8 Å². The van der Waals surface area contributed by atoms with E-state index in [0.717, 1.165) is 23.3 Å². The Morgan fingerprint density at radius 3 is 2.31 bits per heavy atom. The van der Waals surface area contributed by atoms with Gasteiger partial charge in [0, 0.05) is 22.4 Å². The molecule has 3 N–H and O–H groups in total. The summed E-state index contributed by atoms with van der Waals surface area (Å²) in [5, 5.41) is 8.87. The average Bonchev–Trinajstić information content (AvgIpc) is 2.84. The van der Waals surface area contributed by atoms with E-state index < -0.39 is 5.41 Å². The summed E-state index contributed by atoms with van der Waals surface area (Å²) < 4.78 is 5.92. The number of amides is 2. The fourth-order valence-corrected chi connectivity index (χ4v) is 3.79. The largest absolute Gasteiger partial charge is 0.493 e. The van der Waals surface area contributed by atoms with Crippen molar-refractivity contribution in [3.63, 3.8) is 0 Å². The molecule has 36 heavy (non-hydrogen) atoms. The number of thiocarbonyl (C=S) groups is 1. The van der Waals surface area contributed by atoms with Crippen molar-refractivity contribution in [2.24, 2.45) is 5.41 Å². The smallest absolute Gasteiger partial charge is 0.255 e. The van der Waals surface area contributed by atoms with E-state index in [4.69, 9.17) is 17.0 Å². The number of carbonyl (C=O) groups excluding carboxylic acids is 2. The van der Waals surface area contributed by atoms with Crippen LogP contribution < -0.4 is 20.7 Å². The first-order valence-corrected chi connectivity index (χ1v) is 12.3. The maximum Gasteiger partial charge on any atom is 0.255 e. The number of benzene rings is 3. The van der Waals surface area contributed by atoms with Crippen molar-refractivity contribution >= 4 is 40.5 Å². The second kappa shape index (κ2) is 12.3. The van der Waals surface area contributed by atoms with Crippen LogP contribution in [0.3, 0.4) is 0 Å². The molecular weight excluding hydrogens is 470 g/mol. The normalized spacial score (nSPS) is 10.9. The second-order valence-electron chi connectivity index (χ2n) is 9.41. The number of anilines is 2. The van der Waals surface area contributed by atoms with Crippen molar-refractivity contribution in [1.82, 2.24) is 5.32 Å². The van der Waals surface area contributed by atoms with Crippen LogP contribution >= 0.6 is 12.2 Å². The molecule has 0 unspecified atom stereocenters. The third-order valence-electron chi connectivity index (χ3n) is 5.80. The first kappa shape index (κ1) is 26.9. The van der Waals surface area contributed by atoms with Gasteiger partial charge in [-0.15, -0.1) is 0 Å². The monoisotopic (exact) mass is 503 g/mol. The van der Waals surface area contributed by atoms with Gasteiger partial charge in [0.1, 0.15) is 5.75 Å². The van der Waals surface area contributed by atoms with E-state index in [9.17, 15) is 9.59 Å². The predicted octanol–water partition coefficient (Wildman–Crippen LogP) is 6.25. The number of carbonyl (C=O) groups is 2. The molecule has 0 aliphatic carbocycles. The Hall–Kier alpha value is -3.71. The SMILES string of the molecule is Cc1ccc(C)c(OCCCC(C)(C)C(=O)NC(=S)Nc2cccc(NC(=O)c3ccccc3)c2)c1. The highest BCUT2D eigenvalue weighted by Crippen LogP contribution is 2.24. The van der Waals surface area contributed by atoms with Crippen LogP contribution in [0.1, 0.15) is 48.2 Å². The first-order valence-electron chi connectivity index (χ1n) is 11.9. The van der Waals surface area contributed by atoms with Crippen molar-refractivity contribution in [2.45, 2.75) is 40.5 Å². The summed E-state index contributed by atoms with van der Waals surface area (Å²) in [5.41, 5.74) is 3.47. The van der Waals surface area contributed by atoms with E-state index in [1.807, 2.05) is 64.1 Å². The highest BCUT2D eigenvalue weighted by molar-refractivity contribution is 7.80. The quantitative estimate of drug-likeness (QED) is 0.237. The van der Waals surface area contributed by atoms with Gasteiger partial charge < -0.3 is 20.7 Å². The highest BCUT2D eigenvalue weighted by Gasteiger charge is 2.28.